The van der Waals surface area contributed by atoms with Crippen LogP contribution < -0.4 is 4.74 Å². The summed E-state index contributed by atoms with van der Waals surface area (Å²) >= 11 is 11.1. The Balaban J connectivity index is 3.12. The first-order valence-corrected chi connectivity index (χ1v) is 5.88. The van der Waals surface area contributed by atoms with Gasteiger partial charge in [0.1, 0.15) is 0 Å². The first-order chi connectivity index (χ1) is 9.37. The maximum absolute atomic E-state index is 13.0. The molecule has 0 aliphatic rings. The summed E-state index contributed by atoms with van der Waals surface area (Å²) in [6, 6.07) is 1.45. The van der Waals surface area contributed by atoms with Crippen LogP contribution in [0.15, 0.2) is 12.1 Å². The van der Waals surface area contributed by atoms with Crippen molar-refractivity contribution in [3.8, 4) is 5.75 Å². The SMILES string of the molecule is CC(Oc1c(Cl)cc([N+](=O)[O-])cc1Cl)C(F)(F)C(F)(F)F. The molecule has 0 saturated heterocycles. The average molecular weight is 354 g/mol. The van der Waals surface area contributed by atoms with Crippen molar-refractivity contribution in [3.05, 3.63) is 32.3 Å². The van der Waals surface area contributed by atoms with E-state index in [1.54, 1.807) is 0 Å². The van der Waals surface area contributed by atoms with Gasteiger partial charge in [0.15, 0.2) is 11.9 Å². The van der Waals surface area contributed by atoms with Crippen LogP contribution in [-0.2, 0) is 0 Å². The van der Waals surface area contributed by atoms with Crippen molar-refractivity contribution < 1.29 is 31.6 Å². The summed E-state index contributed by atoms with van der Waals surface area (Å²) < 4.78 is 67.0. The highest BCUT2D eigenvalue weighted by Gasteiger charge is 2.62. The maximum atomic E-state index is 13.0. The first-order valence-electron chi connectivity index (χ1n) is 5.12. The maximum Gasteiger partial charge on any atom is 0.457 e. The van der Waals surface area contributed by atoms with Crippen LogP contribution in [0.3, 0.4) is 0 Å². The molecule has 1 unspecified atom stereocenters. The van der Waals surface area contributed by atoms with Crippen LogP contribution in [0.4, 0.5) is 27.6 Å². The smallest absolute Gasteiger partial charge is 0.457 e. The molecular formula is C10H6Cl2F5NO3. The summed E-state index contributed by atoms with van der Waals surface area (Å²) in [7, 11) is 0. The molecule has 0 N–H and O–H groups in total. The molecule has 0 fully saturated rings. The van der Waals surface area contributed by atoms with Gasteiger partial charge < -0.3 is 4.74 Å². The summed E-state index contributed by atoms with van der Waals surface area (Å²) in [4.78, 5) is 9.64. The van der Waals surface area contributed by atoms with Crippen LogP contribution in [-0.4, -0.2) is 23.1 Å². The van der Waals surface area contributed by atoms with Gasteiger partial charge in [0.2, 0.25) is 0 Å². The monoisotopic (exact) mass is 353 g/mol. The number of nitrogens with zero attached hydrogens (tertiary/aromatic N) is 1. The quantitative estimate of drug-likeness (QED) is 0.441. The van der Waals surface area contributed by atoms with Crippen LogP contribution in [0.1, 0.15) is 6.92 Å². The minimum atomic E-state index is -5.83. The third kappa shape index (κ3) is 3.65. The molecule has 11 heteroatoms. The second-order valence-electron chi connectivity index (χ2n) is 3.88. The number of nitro benzene ring substituents is 1. The molecule has 0 heterocycles. The van der Waals surface area contributed by atoms with E-state index in [-0.39, 0.29) is 0 Å². The molecule has 0 aliphatic heterocycles. The van der Waals surface area contributed by atoms with Gasteiger partial charge >= 0.3 is 12.1 Å². The zero-order valence-electron chi connectivity index (χ0n) is 10.0. The van der Waals surface area contributed by atoms with Crippen molar-refractivity contribution >= 4 is 28.9 Å². The van der Waals surface area contributed by atoms with Crippen molar-refractivity contribution in [2.24, 2.45) is 0 Å². The topological polar surface area (TPSA) is 52.4 Å². The molecule has 4 nitrogen and oxygen atoms in total. The normalized spacial score (nSPS) is 13.9. The van der Waals surface area contributed by atoms with Gasteiger partial charge in [-0.2, -0.15) is 22.0 Å². The summed E-state index contributed by atoms with van der Waals surface area (Å²) in [5.41, 5.74) is -0.562. The molecule has 0 radical (unpaired) electrons. The lowest BCUT2D eigenvalue weighted by Gasteiger charge is -2.26. The molecule has 1 atom stereocenters. The molecule has 0 spiro atoms. The second-order valence-corrected chi connectivity index (χ2v) is 4.69. The highest BCUT2D eigenvalue weighted by molar-refractivity contribution is 6.37. The van der Waals surface area contributed by atoms with Crippen LogP contribution in [0.5, 0.6) is 5.75 Å². The number of hydrogen-bond acceptors (Lipinski definition) is 3. The van der Waals surface area contributed by atoms with Crippen LogP contribution >= 0.6 is 23.2 Å². The Labute approximate surface area is 124 Å². The number of alkyl halides is 5. The summed E-state index contributed by atoms with van der Waals surface area (Å²) in [6.45, 7) is 0.474. The molecule has 0 bridgehead atoms. The molecule has 0 aliphatic carbocycles. The van der Waals surface area contributed by atoms with Gasteiger partial charge in [-0.1, -0.05) is 23.2 Å². The van der Waals surface area contributed by atoms with Crippen molar-refractivity contribution in [1.82, 2.24) is 0 Å². The number of benzene rings is 1. The minimum absolute atomic E-state index is 0.474. The number of non-ortho nitro benzene ring substituents is 1. The highest BCUT2D eigenvalue weighted by atomic mass is 35.5. The van der Waals surface area contributed by atoms with Crippen LogP contribution in [0.2, 0.25) is 10.0 Å². The van der Waals surface area contributed by atoms with E-state index in [0.717, 1.165) is 12.1 Å². The third-order valence-electron chi connectivity index (χ3n) is 2.38. The number of nitro groups is 1. The van der Waals surface area contributed by atoms with E-state index >= 15 is 0 Å². The fourth-order valence-corrected chi connectivity index (χ4v) is 1.81. The Morgan fingerprint density at radius 3 is 1.95 bits per heavy atom. The van der Waals surface area contributed by atoms with Gasteiger partial charge in [0.25, 0.3) is 5.69 Å². The number of hydrogen-bond donors (Lipinski definition) is 0. The number of rotatable bonds is 4. The van der Waals surface area contributed by atoms with E-state index < -0.39 is 44.6 Å². The Morgan fingerprint density at radius 1 is 1.19 bits per heavy atom. The minimum Gasteiger partial charge on any atom is -0.481 e. The van der Waals surface area contributed by atoms with E-state index in [1.807, 2.05) is 0 Å². The van der Waals surface area contributed by atoms with E-state index in [1.165, 1.54) is 0 Å². The molecule has 1 aromatic carbocycles. The fraction of sp³-hybridized carbons (Fsp3) is 0.400. The molecule has 118 valence electrons. The molecule has 1 aromatic rings. The Morgan fingerprint density at radius 2 is 1.62 bits per heavy atom. The van der Waals surface area contributed by atoms with Crippen LogP contribution in [0, 0.1) is 10.1 Å². The van der Waals surface area contributed by atoms with Gasteiger partial charge in [0, 0.05) is 12.1 Å². The van der Waals surface area contributed by atoms with Gasteiger partial charge in [-0.05, 0) is 6.92 Å². The zero-order valence-corrected chi connectivity index (χ0v) is 11.6. The van der Waals surface area contributed by atoms with E-state index in [9.17, 15) is 32.1 Å². The average Bonchev–Trinajstić information content (AvgIpc) is 2.31. The van der Waals surface area contributed by atoms with Gasteiger partial charge in [0.05, 0.1) is 15.0 Å². The summed E-state index contributed by atoms with van der Waals surface area (Å²) in [5, 5.41) is 9.40. The predicted octanol–water partition coefficient (Wildman–Crippen LogP) is 4.87. The van der Waals surface area contributed by atoms with Gasteiger partial charge in [-0.3, -0.25) is 10.1 Å². The molecule has 0 amide bonds. The Hall–Kier alpha value is -1.35. The van der Waals surface area contributed by atoms with Crippen molar-refractivity contribution in [2.75, 3.05) is 0 Å². The lowest BCUT2D eigenvalue weighted by atomic mass is 10.2. The molecule has 0 saturated carbocycles. The number of ether oxygens (including phenoxy) is 1. The Bertz CT molecular complexity index is 541. The van der Waals surface area contributed by atoms with E-state index in [4.69, 9.17) is 23.2 Å². The number of halogens is 7. The molecule has 21 heavy (non-hydrogen) atoms. The summed E-state index contributed by atoms with van der Waals surface area (Å²) in [5.74, 6) is -5.85. The van der Waals surface area contributed by atoms with Crippen molar-refractivity contribution in [3.63, 3.8) is 0 Å². The van der Waals surface area contributed by atoms with E-state index in [2.05, 4.69) is 4.74 Å². The largest absolute Gasteiger partial charge is 0.481 e. The Kier molecular flexibility index (Phi) is 4.89. The van der Waals surface area contributed by atoms with Crippen molar-refractivity contribution in [1.29, 1.82) is 0 Å². The second kappa shape index (κ2) is 5.80. The van der Waals surface area contributed by atoms with Crippen LogP contribution in [0.25, 0.3) is 0 Å². The van der Waals surface area contributed by atoms with Crippen molar-refractivity contribution in [2.45, 2.75) is 25.1 Å². The van der Waals surface area contributed by atoms with Gasteiger partial charge in [-0.25, -0.2) is 0 Å². The molecule has 1 rings (SSSR count). The first kappa shape index (κ1) is 17.7. The third-order valence-corrected chi connectivity index (χ3v) is 2.94. The predicted molar refractivity (Wildman–Crippen MR) is 64.2 cm³/mol. The fourth-order valence-electron chi connectivity index (χ4n) is 1.25. The molecular weight excluding hydrogens is 348 g/mol. The molecule has 0 aromatic heterocycles. The van der Waals surface area contributed by atoms with E-state index in [0.29, 0.717) is 6.92 Å². The standard InChI is InChI=1S/C10H6Cl2F5NO3/c1-4(9(13,14)10(15,16)17)21-8-6(11)2-5(18(19)20)3-7(8)12/h2-4H,1H3. The lowest BCUT2D eigenvalue weighted by molar-refractivity contribution is -0.384. The summed E-state index contributed by atoms with van der Waals surface area (Å²) in [6.07, 6.45) is -8.46. The lowest BCUT2D eigenvalue weighted by Crippen LogP contribution is -2.48. The van der Waals surface area contributed by atoms with Gasteiger partial charge in [-0.15, -0.1) is 0 Å². The zero-order chi connectivity index (χ0) is 16.6. The highest BCUT2D eigenvalue weighted by Crippen LogP contribution is 2.43.